The van der Waals surface area contributed by atoms with E-state index in [0.29, 0.717) is 12.2 Å². The molecule has 0 saturated carbocycles. The van der Waals surface area contributed by atoms with Crippen molar-refractivity contribution < 1.29 is 14.6 Å². The number of aliphatic carboxylic acids is 1. The summed E-state index contributed by atoms with van der Waals surface area (Å²) in [6.45, 7) is 6.63. The number of hydrogen-bond acceptors (Lipinski definition) is 2. The second-order valence-electron chi connectivity index (χ2n) is 5.93. The van der Waals surface area contributed by atoms with Gasteiger partial charge in [-0.1, -0.05) is 50.3 Å². The molecule has 1 heterocycles. The van der Waals surface area contributed by atoms with E-state index >= 15 is 0 Å². The van der Waals surface area contributed by atoms with Gasteiger partial charge in [-0.25, -0.2) is 4.79 Å². The highest BCUT2D eigenvalue weighted by atomic mass is 16.5. The van der Waals surface area contributed by atoms with Gasteiger partial charge in [-0.05, 0) is 24.1 Å². The third-order valence-electron chi connectivity index (χ3n) is 3.22. The van der Waals surface area contributed by atoms with Crippen LogP contribution in [0.2, 0.25) is 0 Å². The molecule has 0 spiro atoms. The molecular formula is C18H20O3. The highest BCUT2D eigenvalue weighted by Crippen LogP contribution is 2.35. The number of benzene rings is 1. The zero-order valence-electron chi connectivity index (χ0n) is 12.6. The van der Waals surface area contributed by atoms with E-state index in [0.717, 1.165) is 16.9 Å². The third-order valence-corrected chi connectivity index (χ3v) is 3.22. The van der Waals surface area contributed by atoms with Crippen molar-refractivity contribution in [3.8, 4) is 5.75 Å². The van der Waals surface area contributed by atoms with Gasteiger partial charge in [0.25, 0.3) is 0 Å². The standard InChI is InChI=1S/C18H20O3/c1-13(10-17(19)20)8-9-14-11-18(2,3)12-21-16-7-5-4-6-15(14)16/h4-11H,12H2,1-3H3,(H,19,20). The van der Waals surface area contributed by atoms with Crippen LogP contribution in [0.3, 0.4) is 0 Å². The zero-order chi connectivity index (χ0) is 15.5. The van der Waals surface area contributed by atoms with Gasteiger partial charge < -0.3 is 9.84 Å². The quantitative estimate of drug-likeness (QED) is 0.672. The summed E-state index contributed by atoms with van der Waals surface area (Å²) in [6, 6.07) is 7.90. The molecule has 0 aliphatic carbocycles. The van der Waals surface area contributed by atoms with Crippen LogP contribution >= 0.6 is 0 Å². The lowest BCUT2D eigenvalue weighted by atomic mass is 9.90. The van der Waals surface area contributed by atoms with Crippen molar-refractivity contribution in [3.63, 3.8) is 0 Å². The molecular weight excluding hydrogens is 264 g/mol. The number of carboxylic acids is 1. The third kappa shape index (κ3) is 4.09. The number of allylic oxidation sites excluding steroid dienone is 4. The second-order valence-corrected chi connectivity index (χ2v) is 5.93. The average molecular weight is 284 g/mol. The molecule has 0 amide bonds. The Labute approximate surface area is 125 Å². The number of para-hydroxylation sites is 1. The highest BCUT2D eigenvalue weighted by molar-refractivity contribution is 5.82. The first kappa shape index (κ1) is 15.1. The Kier molecular flexibility index (Phi) is 4.32. The topological polar surface area (TPSA) is 46.5 Å². The molecule has 21 heavy (non-hydrogen) atoms. The summed E-state index contributed by atoms with van der Waals surface area (Å²) in [4.78, 5) is 10.7. The SMILES string of the molecule is CC(C=CC1=CC(C)(C)COc2ccccc21)=CC(=O)O. The minimum atomic E-state index is -0.934. The molecule has 110 valence electrons. The van der Waals surface area contributed by atoms with Gasteiger partial charge in [-0.15, -0.1) is 0 Å². The van der Waals surface area contributed by atoms with Crippen LogP contribution in [0.1, 0.15) is 26.3 Å². The Balaban J connectivity index is 2.41. The maximum atomic E-state index is 10.7. The minimum absolute atomic E-state index is 0.0802. The van der Waals surface area contributed by atoms with Gasteiger partial charge in [-0.3, -0.25) is 0 Å². The number of carbonyl (C=O) groups is 1. The second kappa shape index (κ2) is 6.00. The summed E-state index contributed by atoms with van der Waals surface area (Å²) >= 11 is 0. The van der Waals surface area contributed by atoms with Crippen molar-refractivity contribution in [2.45, 2.75) is 20.8 Å². The van der Waals surface area contributed by atoms with Gasteiger partial charge in [0.05, 0.1) is 6.61 Å². The van der Waals surface area contributed by atoms with E-state index in [1.807, 2.05) is 36.4 Å². The van der Waals surface area contributed by atoms with Crippen molar-refractivity contribution in [2.75, 3.05) is 6.61 Å². The molecule has 0 unspecified atom stereocenters. The Morgan fingerprint density at radius 1 is 1.33 bits per heavy atom. The first-order chi connectivity index (χ1) is 9.87. The smallest absolute Gasteiger partial charge is 0.328 e. The fourth-order valence-electron chi connectivity index (χ4n) is 2.24. The maximum absolute atomic E-state index is 10.7. The molecule has 0 bridgehead atoms. The molecule has 1 N–H and O–H groups in total. The van der Waals surface area contributed by atoms with Crippen LogP contribution in [0.5, 0.6) is 5.75 Å². The minimum Gasteiger partial charge on any atom is -0.492 e. The maximum Gasteiger partial charge on any atom is 0.328 e. The lowest BCUT2D eigenvalue weighted by Gasteiger charge is -2.18. The van der Waals surface area contributed by atoms with Gasteiger partial charge >= 0.3 is 5.97 Å². The lowest BCUT2D eigenvalue weighted by molar-refractivity contribution is -0.131. The van der Waals surface area contributed by atoms with Crippen molar-refractivity contribution in [2.24, 2.45) is 5.41 Å². The summed E-state index contributed by atoms with van der Waals surface area (Å²) < 4.78 is 5.87. The molecule has 2 rings (SSSR count). The average Bonchev–Trinajstić information content (AvgIpc) is 2.53. The fourth-order valence-corrected chi connectivity index (χ4v) is 2.24. The summed E-state index contributed by atoms with van der Waals surface area (Å²) in [5.41, 5.74) is 2.70. The van der Waals surface area contributed by atoms with Crippen LogP contribution in [-0.4, -0.2) is 17.7 Å². The van der Waals surface area contributed by atoms with Crippen LogP contribution in [0.15, 0.2) is 54.1 Å². The van der Waals surface area contributed by atoms with Crippen LogP contribution in [-0.2, 0) is 4.79 Å². The molecule has 1 aliphatic heterocycles. The van der Waals surface area contributed by atoms with Crippen molar-refractivity contribution in [1.29, 1.82) is 0 Å². The monoisotopic (exact) mass is 284 g/mol. The Hall–Kier alpha value is -2.29. The van der Waals surface area contributed by atoms with Gasteiger partial charge in [0.1, 0.15) is 5.75 Å². The van der Waals surface area contributed by atoms with E-state index in [4.69, 9.17) is 9.84 Å². The largest absolute Gasteiger partial charge is 0.492 e. The van der Waals surface area contributed by atoms with E-state index in [1.54, 1.807) is 6.92 Å². The first-order valence-corrected chi connectivity index (χ1v) is 6.92. The summed E-state index contributed by atoms with van der Waals surface area (Å²) in [5, 5.41) is 8.76. The molecule has 0 radical (unpaired) electrons. The van der Waals surface area contributed by atoms with E-state index < -0.39 is 5.97 Å². The highest BCUT2D eigenvalue weighted by Gasteiger charge is 2.22. The van der Waals surface area contributed by atoms with Crippen LogP contribution in [0, 0.1) is 5.41 Å². The molecule has 0 atom stereocenters. The first-order valence-electron chi connectivity index (χ1n) is 6.92. The van der Waals surface area contributed by atoms with E-state index in [2.05, 4.69) is 19.9 Å². The summed E-state index contributed by atoms with van der Waals surface area (Å²) in [5.74, 6) is -0.0742. The van der Waals surface area contributed by atoms with Crippen molar-refractivity contribution in [1.82, 2.24) is 0 Å². The normalized spacial score (nSPS) is 17.7. The Morgan fingerprint density at radius 3 is 2.76 bits per heavy atom. The zero-order valence-corrected chi connectivity index (χ0v) is 12.6. The van der Waals surface area contributed by atoms with E-state index in [1.165, 1.54) is 6.08 Å². The molecule has 1 aromatic rings. The molecule has 3 heteroatoms. The van der Waals surface area contributed by atoms with Crippen molar-refractivity contribution in [3.05, 3.63) is 59.7 Å². The van der Waals surface area contributed by atoms with E-state index in [9.17, 15) is 4.79 Å². The molecule has 0 saturated heterocycles. The molecule has 1 aromatic carbocycles. The summed E-state index contributed by atoms with van der Waals surface area (Å²) in [7, 11) is 0. The Morgan fingerprint density at radius 2 is 2.05 bits per heavy atom. The van der Waals surface area contributed by atoms with Crippen LogP contribution in [0.25, 0.3) is 5.57 Å². The fraction of sp³-hybridized carbons (Fsp3) is 0.278. The van der Waals surface area contributed by atoms with E-state index in [-0.39, 0.29) is 5.41 Å². The van der Waals surface area contributed by atoms with Crippen LogP contribution < -0.4 is 4.74 Å². The molecule has 1 aliphatic rings. The van der Waals surface area contributed by atoms with Crippen molar-refractivity contribution >= 4 is 11.5 Å². The van der Waals surface area contributed by atoms with Gasteiger partial charge in [-0.2, -0.15) is 0 Å². The number of fused-ring (bicyclic) bond motifs is 1. The predicted octanol–water partition coefficient (Wildman–Crippen LogP) is 4.08. The molecule has 0 aromatic heterocycles. The van der Waals surface area contributed by atoms with Crippen LogP contribution in [0.4, 0.5) is 0 Å². The number of carboxylic acid groups (broad SMARTS) is 1. The predicted molar refractivity (Wildman–Crippen MR) is 84.2 cm³/mol. The summed E-state index contributed by atoms with van der Waals surface area (Å²) in [6.07, 6.45) is 7.13. The van der Waals surface area contributed by atoms with Gasteiger partial charge in [0.15, 0.2) is 0 Å². The Bertz CT molecular complexity index is 634. The molecule has 3 nitrogen and oxygen atoms in total. The number of rotatable bonds is 3. The molecule has 0 fully saturated rings. The number of ether oxygens (including phenoxy) is 1. The lowest BCUT2D eigenvalue weighted by Crippen LogP contribution is -2.17. The van der Waals surface area contributed by atoms with Gasteiger partial charge in [0.2, 0.25) is 0 Å². The number of hydrogen-bond donors (Lipinski definition) is 1. The van der Waals surface area contributed by atoms with Gasteiger partial charge in [0, 0.05) is 17.1 Å².